The average molecular weight is 853 g/mol. The van der Waals surface area contributed by atoms with Gasteiger partial charge in [-0.15, -0.1) is 0 Å². The first-order chi connectivity index (χ1) is 28.8. The summed E-state index contributed by atoms with van der Waals surface area (Å²) in [5.41, 5.74) is 1.49. The summed E-state index contributed by atoms with van der Waals surface area (Å²) >= 11 is 0. The SMILES string of the molecule is CC[C@H](C)[C@@H]([C@H](CC(=O)N1CCC[C@H]1[C@H](OC)[C@@H](C)C(=O)N[C@H](C)[C@H](O)c1ccccc1)OC)N(C)C(=O)[C@@H](NC(=O)[C@H](C(C)C)N(C)Cc1ccc([N+](=O)[O-])cc1)C(C)C. The summed E-state index contributed by atoms with van der Waals surface area (Å²) < 4.78 is 12.0. The van der Waals surface area contributed by atoms with Crippen molar-refractivity contribution in [1.82, 2.24) is 25.3 Å². The Labute approximate surface area is 363 Å². The second kappa shape index (κ2) is 23.7. The Balaban J connectivity index is 1.77. The minimum absolute atomic E-state index is 0.0124. The summed E-state index contributed by atoms with van der Waals surface area (Å²) in [5, 5.41) is 28.0. The van der Waals surface area contributed by atoms with Crippen LogP contribution in [0.15, 0.2) is 54.6 Å². The predicted molar refractivity (Wildman–Crippen MR) is 235 cm³/mol. The number of likely N-dealkylation sites (N-methyl/N-ethyl adjacent to an activating group) is 2. The van der Waals surface area contributed by atoms with Crippen molar-refractivity contribution in [3.05, 3.63) is 75.8 Å². The van der Waals surface area contributed by atoms with E-state index in [-0.39, 0.29) is 59.5 Å². The van der Waals surface area contributed by atoms with Crippen LogP contribution in [0.5, 0.6) is 0 Å². The van der Waals surface area contributed by atoms with Gasteiger partial charge in [-0.1, -0.05) is 97.4 Å². The van der Waals surface area contributed by atoms with Gasteiger partial charge >= 0.3 is 0 Å². The molecule has 0 aromatic heterocycles. The molecule has 10 atom stereocenters. The van der Waals surface area contributed by atoms with Crippen LogP contribution in [0, 0.1) is 33.8 Å². The van der Waals surface area contributed by atoms with Gasteiger partial charge in [0.05, 0.1) is 59.7 Å². The summed E-state index contributed by atoms with van der Waals surface area (Å²) in [6, 6.07) is 12.4. The summed E-state index contributed by atoms with van der Waals surface area (Å²) in [5.74, 6) is -2.18. The number of rotatable bonds is 23. The number of nitrogens with one attached hydrogen (secondary N) is 2. The van der Waals surface area contributed by atoms with Crippen LogP contribution >= 0.6 is 0 Å². The number of nitrogens with zero attached hydrogens (tertiary/aromatic N) is 4. The zero-order valence-corrected chi connectivity index (χ0v) is 38.4. The lowest BCUT2D eigenvalue weighted by Crippen LogP contribution is -2.60. The smallest absolute Gasteiger partial charge is 0.269 e. The molecular formula is C46H72N6O9. The lowest BCUT2D eigenvalue weighted by Gasteiger charge is -2.41. The minimum atomic E-state index is -0.899. The van der Waals surface area contributed by atoms with Gasteiger partial charge in [0.25, 0.3) is 5.69 Å². The molecule has 3 N–H and O–H groups in total. The molecule has 0 spiro atoms. The minimum Gasteiger partial charge on any atom is -0.386 e. The highest BCUT2D eigenvalue weighted by atomic mass is 16.6. The van der Waals surface area contributed by atoms with E-state index in [0.717, 1.165) is 12.0 Å². The van der Waals surface area contributed by atoms with Crippen LogP contribution in [-0.4, -0.2) is 126 Å². The number of nitro benzene ring substituents is 1. The van der Waals surface area contributed by atoms with Crippen LogP contribution in [0.1, 0.15) is 98.3 Å². The topological polar surface area (TPSA) is 184 Å². The number of ether oxygens (including phenoxy) is 2. The summed E-state index contributed by atoms with van der Waals surface area (Å²) in [6.07, 6.45) is -0.136. The molecule has 2 aromatic carbocycles. The molecule has 61 heavy (non-hydrogen) atoms. The first-order valence-corrected chi connectivity index (χ1v) is 21.7. The van der Waals surface area contributed by atoms with E-state index in [0.29, 0.717) is 31.5 Å². The van der Waals surface area contributed by atoms with Gasteiger partial charge in [0.2, 0.25) is 23.6 Å². The molecule has 0 radical (unpaired) electrons. The van der Waals surface area contributed by atoms with Crippen molar-refractivity contribution in [3.8, 4) is 0 Å². The Morgan fingerprint density at radius 2 is 1.52 bits per heavy atom. The third-order valence-electron chi connectivity index (χ3n) is 12.4. The largest absolute Gasteiger partial charge is 0.386 e. The zero-order chi connectivity index (χ0) is 45.7. The van der Waals surface area contributed by atoms with Gasteiger partial charge in [0.15, 0.2) is 0 Å². The van der Waals surface area contributed by atoms with E-state index in [9.17, 15) is 34.4 Å². The van der Waals surface area contributed by atoms with Crippen molar-refractivity contribution < 1.29 is 38.7 Å². The van der Waals surface area contributed by atoms with Crippen LogP contribution in [0.2, 0.25) is 0 Å². The van der Waals surface area contributed by atoms with Crippen molar-refractivity contribution in [2.75, 3.05) is 34.9 Å². The van der Waals surface area contributed by atoms with Crippen molar-refractivity contribution in [1.29, 1.82) is 0 Å². The molecule has 0 saturated carbocycles. The third-order valence-corrected chi connectivity index (χ3v) is 12.4. The number of methoxy groups -OCH3 is 2. The Hall–Kier alpha value is -4.44. The first-order valence-electron chi connectivity index (χ1n) is 21.7. The molecule has 1 aliphatic rings. The van der Waals surface area contributed by atoms with Gasteiger partial charge in [-0.25, -0.2) is 0 Å². The number of carbonyl (C=O) groups excluding carboxylic acids is 4. The highest BCUT2D eigenvalue weighted by Gasteiger charge is 2.43. The number of carbonyl (C=O) groups is 4. The predicted octanol–water partition coefficient (Wildman–Crippen LogP) is 5.35. The molecule has 0 unspecified atom stereocenters. The Morgan fingerprint density at radius 1 is 0.902 bits per heavy atom. The number of non-ortho nitro benzene ring substituents is 1. The first kappa shape index (κ1) is 50.9. The number of amides is 4. The van der Waals surface area contributed by atoms with E-state index in [1.165, 1.54) is 19.2 Å². The second-order valence-electron chi connectivity index (χ2n) is 17.5. The van der Waals surface area contributed by atoms with Gasteiger partial charge < -0.3 is 35.0 Å². The quantitative estimate of drug-likeness (QED) is 0.0974. The number of nitro groups is 1. The molecule has 2 aromatic rings. The van der Waals surface area contributed by atoms with Gasteiger partial charge in [0, 0.05) is 46.5 Å². The fourth-order valence-corrected chi connectivity index (χ4v) is 8.77. The Morgan fingerprint density at radius 3 is 2.05 bits per heavy atom. The van der Waals surface area contributed by atoms with E-state index >= 15 is 0 Å². The monoisotopic (exact) mass is 853 g/mol. The molecule has 0 bridgehead atoms. The van der Waals surface area contributed by atoms with Crippen LogP contribution in [0.4, 0.5) is 5.69 Å². The normalized spacial score (nSPS) is 18.8. The molecule has 1 saturated heterocycles. The maximum atomic E-state index is 14.5. The summed E-state index contributed by atoms with van der Waals surface area (Å²) in [4.78, 5) is 72.4. The fraction of sp³-hybridized carbons (Fsp3) is 0.652. The number of aliphatic hydroxyl groups is 1. The van der Waals surface area contributed by atoms with Crippen molar-refractivity contribution >= 4 is 29.3 Å². The van der Waals surface area contributed by atoms with E-state index in [2.05, 4.69) is 10.6 Å². The van der Waals surface area contributed by atoms with Crippen LogP contribution in [0.25, 0.3) is 0 Å². The van der Waals surface area contributed by atoms with Crippen molar-refractivity contribution in [2.24, 2.45) is 23.7 Å². The van der Waals surface area contributed by atoms with E-state index in [1.807, 2.05) is 83.8 Å². The molecule has 4 amide bonds. The van der Waals surface area contributed by atoms with Crippen LogP contribution in [0.3, 0.4) is 0 Å². The highest BCUT2D eigenvalue weighted by Crippen LogP contribution is 2.30. The molecule has 0 aliphatic carbocycles. The second-order valence-corrected chi connectivity index (χ2v) is 17.5. The molecule has 15 heteroatoms. The van der Waals surface area contributed by atoms with Crippen molar-refractivity contribution in [2.45, 2.75) is 136 Å². The van der Waals surface area contributed by atoms with Crippen LogP contribution < -0.4 is 10.6 Å². The van der Waals surface area contributed by atoms with Gasteiger partial charge in [-0.3, -0.25) is 34.2 Å². The standard InChI is InChI=1S/C46H72N6O9/c1-13-30(6)41(50(10)46(57)39(28(2)3)48-45(56)40(29(4)5)49(9)27-33-21-23-35(24-22-33)52(58)59)37(60-11)26-38(53)51-25-17-20-36(51)43(61-12)31(7)44(55)47-32(8)42(54)34-18-15-14-16-19-34/h14-16,18-19,21-24,28-32,36-37,39-43,54H,13,17,20,25-27H2,1-12H3,(H,47,55)(H,48,56)/t30-,31+,32+,36-,37-,39-,40-,41-,42-,43+/m0/s1. The molecule has 1 aliphatic heterocycles. The molecule has 1 fully saturated rings. The molecule has 15 nitrogen and oxygen atoms in total. The van der Waals surface area contributed by atoms with Gasteiger partial charge in [0.1, 0.15) is 6.04 Å². The van der Waals surface area contributed by atoms with E-state index < -0.39 is 53.3 Å². The van der Waals surface area contributed by atoms with E-state index in [4.69, 9.17) is 9.47 Å². The highest BCUT2D eigenvalue weighted by molar-refractivity contribution is 5.90. The lowest BCUT2D eigenvalue weighted by atomic mass is 9.89. The fourth-order valence-electron chi connectivity index (χ4n) is 8.77. The molecule has 3 rings (SSSR count). The van der Waals surface area contributed by atoms with Gasteiger partial charge in [-0.2, -0.15) is 0 Å². The molecule has 1 heterocycles. The molecule has 340 valence electrons. The number of hydrogen-bond acceptors (Lipinski definition) is 10. The average Bonchev–Trinajstić information content (AvgIpc) is 3.72. The van der Waals surface area contributed by atoms with Crippen LogP contribution in [-0.2, 0) is 35.2 Å². The van der Waals surface area contributed by atoms with E-state index in [1.54, 1.807) is 49.9 Å². The number of hydrogen-bond donors (Lipinski definition) is 3. The Kier molecular flexibility index (Phi) is 19.8. The maximum Gasteiger partial charge on any atom is 0.269 e. The zero-order valence-electron chi connectivity index (χ0n) is 38.4. The number of aliphatic hydroxyl groups excluding tert-OH is 1. The number of benzene rings is 2. The summed E-state index contributed by atoms with van der Waals surface area (Å²) in [6.45, 7) is 16.0. The van der Waals surface area contributed by atoms with Crippen molar-refractivity contribution in [3.63, 3.8) is 0 Å². The number of likely N-dealkylation sites (tertiary alicyclic amines) is 1. The molecular weight excluding hydrogens is 781 g/mol. The Bertz CT molecular complexity index is 1730. The van der Waals surface area contributed by atoms with Gasteiger partial charge in [-0.05, 0) is 55.7 Å². The maximum absolute atomic E-state index is 14.5. The lowest BCUT2D eigenvalue weighted by molar-refractivity contribution is -0.384. The summed E-state index contributed by atoms with van der Waals surface area (Å²) in [7, 11) is 6.60. The third kappa shape index (κ3) is 13.3.